The highest BCUT2D eigenvalue weighted by atomic mass is 19.4. The minimum Gasteiger partial charge on any atom is -0.406 e. The molecule has 3 N–H and O–H groups in total. The number of hydrogen-bond acceptors (Lipinski definition) is 6. The number of halogens is 3. The van der Waals surface area contributed by atoms with Crippen molar-refractivity contribution in [3.05, 3.63) is 66.2 Å². The maximum atomic E-state index is 12.6. The highest BCUT2D eigenvalue weighted by Gasteiger charge is 2.31. The molecule has 0 aliphatic heterocycles. The Morgan fingerprint density at radius 2 is 1.80 bits per heavy atom. The molecule has 0 saturated carbocycles. The topological polar surface area (TPSA) is 79.3 Å². The minimum absolute atomic E-state index is 0.130. The number of nitrogens with zero attached hydrogens (tertiary/aromatic N) is 2. The largest absolute Gasteiger partial charge is 0.573 e. The predicted molar refractivity (Wildman–Crippen MR) is 108 cm³/mol. The van der Waals surface area contributed by atoms with Crippen LogP contribution in [0.3, 0.4) is 0 Å². The number of alkyl halides is 3. The highest BCUT2D eigenvalue weighted by molar-refractivity contribution is 5.66. The van der Waals surface area contributed by atoms with E-state index >= 15 is 0 Å². The maximum Gasteiger partial charge on any atom is 0.573 e. The van der Waals surface area contributed by atoms with Gasteiger partial charge in [0.25, 0.3) is 0 Å². The third-order valence-electron chi connectivity index (χ3n) is 4.06. The Morgan fingerprint density at radius 1 is 1.03 bits per heavy atom. The van der Waals surface area contributed by atoms with Crippen molar-refractivity contribution in [2.75, 3.05) is 17.2 Å². The second-order valence-electron chi connectivity index (χ2n) is 6.60. The van der Waals surface area contributed by atoms with E-state index < -0.39 is 6.36 Å². The smallest absolute Gasteiger partial charge is 0.406 e. The zero-order valence-corrected chi connectivity index (χ0v) is 16.1. The summed E-state index contributed by atoms with van der Waals surface area (Å²) in [5.74, 6) is 0.390. The van der Waals surface area contributed by atoms with Crippen LogP contribution in [0.25, 0.3) is 11.3 Å². The van der Waals surface area contributed by atoms with Gasteiger partial charge in [-0.15, -0.1) is 13.2 Å². The molecular formula is C21H21F3N4O2. The quantitative estimate of drug-likeness (QED) is 0.502. The molecule has 9 heteroatoms. The van der Waals surface area contributed by atoms with Gasteiger partial charge in [-0.2, -0.15) is 4.98 Å². The number of anilines is 2. The first kappa shape index (κ1) is 21.4. The van der Waals surface area contributed by atoms with Gasteiger partial charge in [-0.3, -0.25) is 0 Å². The molecule has 0 aliphatic carbocycles. The first-order valence-electron chi connectivity index (χ1n) is 9.23. The van der Waals surface area contributed by atoms with Crippen LogP contribution in [0.5, 0.6) is 5.75 Å². The Labute approximate surface area is 171 Å². The van der Waals surface area contributed by atoms with Crippen molar-refractivity contribution >= 4 is 11.8 Å². The van der Waals surface area contributed by atoms with Crippen molar-refractivity contribution in [2.24, 2.45) is 0 Å². The van der Waals surface area contributed by atoms with E-state index in [1.165, 1.54) is 18.2 Å². The van der Waals surface area contributed by atoms with E-state index in [1.54, 1.807) is 19.1 Å². The lowest BCUT2D eigenvalue weighted by atomic mass is 10.1. The van der Waals surface area contributed by atoms with E-state index in [4.69, 9.17) is 0 Å². The molecule has 3 rings (SSSR count). The molecule has 0 fully saturated rings. The molecule has 0 amide bonds. The fraction of sp³-hybridized carbons (Fsp3) is 0.238. The van der Waals surface area contributed by atoms with Gasteiger partial charge in [-0.05, 0) is 24.6 Å². The molecule has 6 nitrogen and oxygen atoms in total. The molecule has 30 heavy (non-hydrogen) atoms. The summed E-state index contributed by atoms with van der Waals surface area (Å²) >= 11 is 0. The lowest BCUT2D eigenvalue weighted by Gasteiger charge is -2.15. The van der Waals surface area contributed by atoms with Gasteiger partial charge in [-0.1, -0.05) is 42.5 Å². The van der Waals surface area contributed by atoms with Gasteiger partial charge in [0.1, 0.15) is 11.6 Å². The number of nitrogens with one attached hydrogen (secondary N) is 2. The summed E-state index contributed by atoms with van der Waals surface area (Å²) in [6, 6.07) is 16.6. The van der Waals surface area contributed by atoms with E-state index in [0.717, 1.165) is 5.56 Å². The Bertz CT molecular complexity index is 968. The monoisotopic (exact) mass is 418 g/mol. The Balaban J connectivity index is 1.90. The summed E-state index contributed by atoms with van der Waals surface area (Å²) in [6.45, 7) is 2.13. The van der Waals surface area contributed by atoms with E-state index in [0.29, 0.717) is 23.6 Å². The van der Waals surface area contributed by atoms with Crippen LogP contribution >= 0.6 is 0 Å². The number of aliphatic hydroxyl groups is 1. The molecule has 0 unspecified atom stereocenters. The van der Waals surface area contributed by atoms with E-state index in [2.05, 4.69) is 25.3 Å². The highest BCUT2D eigenvalue weighted by Crippen LogP contribution is 2.28. The first-order chi connectivity index (χ1) is 14.3. The van der Waals surface area contributed by atoms with Gasteiger partial charge in [0, 0.05) is 24.2 Å². The number of rotatable bonds is 8. The van der Waals surface area contributed by atoms with E-state index in [1.807, 2.05) is 30.3 Å². The summed E-state index contributed by atoms with van der Waals surface area (Å²) < 4.78 is 41.7. The van der Waals surface area contributed by atoms with Crippen LogP contribution in [-0.4, -0.2) is 34.1 Å². The van der Waals surface area contributed by atoms with Crippen LogP contribution < -0.4 is 15.4 Å². The molecule has 158 valence electrons. The first-order valence-corrected chi connectivity index (χ1v) is 9.23. The normalized spacial score (nSPS) is 12.3. The summed E-state index contributed by atoms with van der Waals surface area (Å²) in [4.78, 5) is 8.76. The van der Waals surface area contributed by atoms with Gasteiger partial charge in [0.05, 0.1) is 12.3 Å². The molecule has 1 atom stereocenters. The third-order valence-corrected chi connectivity index (χ3v) is 4.06. The molecular weight excluding hydrogens is 397 g/mol. The zero-order chi connectivity index (χ0) is 21.6. The number of benzene rings is 2. The molecule has 0 radical (unpaired) electrons. The molecule has 0 spiro atoms. The molecule has 0 saturated heterocycles. The van der Waals surface area contributed by atoms with Gasteiger partial charge in [-0.25, -0.2) is 4.98 Å². The zero-order valence-electron chi connectivity index (χ0n) is 16.1. The van der Waals surface area contributed by atoms with Crippen molar-refractivity contribution < 1.29 is 23.0 Å². The fourth-order valence-electron chi connectivity index (χ4n) is 2.66. The molecule has 1 heterocycles. The number of hydrogen-bond donors (Lipinski definition) is 3. The van der Waals surface area contributed by atoms with Crippen LogP contribution in [0.4, 0.5) is 24.9 Å². The van der Waals surface area contributed by atoms with E-state index in [-0.39, 0.29) is 24.3 Å². The lowest BCUT2D eigenvalue weighted by molar-refractivity contribution is -0.274. The fourth-order valence-corrected chi connectivity index (χ4v) is 2.66. The van der Waals surface area contributed by atoms with Gasteiger partial charge < -0.3 is 20.5 Å². The van der Waals surface area contributed by atoms with Gasteiger partial charge in [0.15, 0.2) is 0 Å². The summed E-state index contributed by atoms with van der Waals surface area (Å²) in [7, 11) is 0. The SMILES string of the molecule is C[C@H](CO)Nc1nc(NCc2ccccc2)cc(-c2cccc(OC(F)(F)F)c2)n1. The molecule has 0 bridgehead atoms. The number of aliphatic hydroxyl groups excluding tert-OH is 1. The van der Waals surface area contributed by atoms with Gasteiger partial charge >= 0.3 is 6.36 Å². The van der Waals surface area contributed by atoms with Crippen LogP contribution in [0.15, 0.2) is 60.7 Å². The van der Waals surface area contributed by atoms with Crippen molar-refractivity contribution in [3.63, 3.8) is 0 Å². The number of ether oxygens (including phenoxy) is 1. The average molecular weight is 418 g/mol. The molecule has 1 aromatic heterocycles. The second kappa shape index (κ2) is 9.45. The maximum absolute atomic E-state index is 12.6. The van der Waals surface area contributed by atoms with Crippen molar-refractivity contribution in [3.8, 4) is 17.0 Å². The Morgan fingerprint density at radius 3 is 2.50 bits per heavy atom. The molecule has 0 aliphatic rings. The second-order valence-corrected chi connectivity index (χ2v) is 6.60. The summed E-state index contributed by atoms with van der Waals surface area (Å²) in [5.41, 5.74) is 1.87. The molecule has 3 aromatic rings. The number of aromatic nitrogens is 2. The Hall–Kier alpha value is -3.33. The Kier molecular flexibility index (Phi) is 6.73. The summed E-state index contributed by atoms with van der Waals surface area (Å²) in [6.07, 6.45) is -4.78. The van der Waals surface area contributed by atoms with Crippen LogP contribution in [0.2, 0.25) is 0 Å². The summed E-state index contributed by atoms with van der Waals surface area (Å²) in [5, 5.41) is 15.5. The van der Waals surface area contributed by atoms with Crippen LogP contribution in [-0.2, 0) is 6.54 Å². The lowest BCUT2D eigenvalue weighted by Crippen LogP contribution is -2.21. The standard InChI is InChI=1S/C21H21F3N4O2/c1-14(13-29)26-20-27-18(16-8-5-9-17(10-16)30-21(22,23)24)11-19(28-20)25-12-15-6-3-2-4-7-15/h2-11,14,29H,12-13H2,1H3,(H2,25,26,27,28)/t14-/m1/s1. The third kappa shape index (κ3) is 6.35. The van der Waals surface area contributed by atoms with Crippen molar-refractivity contribution in [1.29, 1.82) is 0 Å². The van der Waals surface area contributed by atoms with Crippen LogP contribution in [0, 0.1) is 0 Å². The minimum atomic E-state index is -4.78. The molecule has 2 aromatic carbocycles. The van der Waals surface area contributed by atoms with Crippen LogP contribution in [0.1, 0.15) is 12.5 Å². The van der Waals surface area contributed by atoms with Crippen molar-refractivity contribution in [2.45, 2.75) is 25.9 Å². The van der Waals surface area contributed by atoms with Gasteiger partial charge in [0.2, 0.25) is 5.95 Å². The van der Waals surface area contributed by atoms with E-state index in [9.17, 15) is 18.3 Å². The predicted octanol–water partition coefficient (Wildman–Crippen LogP) is 4.45. The average Bonchev–Trinajstić information content (AvgIpc) is 2.72. The van der Waals surface area contributed by atoms with Crippen molar-refractivity contribution in [1.82, 2.24) is 9.97 Å².